The van der Waals surface area contributed by atoms with Gasteiger partial charge in [-0.15, -0.1) is 0 Å². The lowest BCUT2D eigenvalue weighted by Gasteiger charge is -2.28. The summed E-state index contributed by atoms with van der Waals surface area (Å²) in [6.07, 6.45) is -1.14. The molecule has 160 valence electrons. The minimum absolute atomic E-state index is 0.301. The van der Waals surface area contributed by atoms with Gasteiger partial charge < -0.3 is 14.8 Å². The molecule has 0 radical (unpaired) electrons. The van der Waals surface area contributed by atoms with Crippen LogP contribution in [0.4, 0.5) is 23.7 Å². The Morgan fingerprint density at radius 1 is 1.17 bits per heavy atom. The quantitative estimate of drug-likeness (QED) is 0.601. The Kier molecular flexibility index (Phi) is 6.76. The smallest absolute Gasteiger partial charge is 0.411 e. The van der Waals surface area contributed by atoms with Crippen LogP contribution in [0, 0.1) is 17.5 Å². The Hall–Kier alpha value is -2.78. The van der Waals surface area contributed by atoms with Crippen molar-refractivity contribution in [3.8, 4) is 0 Å². The highest BCUT2D eigenvalue weighted by Gasteiger charge is 2.38. The number of likely N-dealkylation sites (tertiary alicyclic amines) is 1. The molecule has 1 N–H and O–H groups in total. The van der Waals surface area contributed by atoms with E-state index in [2.05, 4.69) is 0 Å². The molecule has 2 amide bonds. The van der Waals surface area contributed by atoms with Crippen molar-refractivity contribution in [2.75, 3.05) is 11.9 Å². The van der Waals surface area contributed by atoms with E-state index in [9.17, 15) is 27.6 Å². The first-order chi connectivity index (χ1) is 13.4. The zero-order valence-electron chi connectivity index (χ0n) is 16.6. The Morgan fingerprint density at radius 3 is 2.45 bits per heavy atom. The number of halogens is 3. The summed E-state index contributed by atoms with van der Waals surface area (Å²) in [6.45, 7) is 6.61. The van der Waals surface area contributed by atoms with Gasteiger partial charge in [0, 0.05) is 6.54 Å². The molecule has 0 aliphatic carbocycles. The molecule has 1 fully saturated rings. The first kappa shape index (κ1) is 22.5. The fourth-order valence-corrected chi connectivity index (χ4v) is 2.71. The lowest BCUT2D eigenvalue weighted by molar-refractivity contribution is -0.157. The van der Waals surface area contributed by atoms with E-state index in [4.69, 9.17) is 9.47 Å². The van der Waals surface area contributed by atoms with Crippen molar-refractivity contribution in [3.05, 3.63) is 29.6 Å². The second kappa shape index (κ2) is 8.71. The average Bonchev–Trinajstić information content (AvgIpc) is 3.10. The topological polar surface area (TPSA) is 84.9 Å². The van der Waals surface area contributed by atoms with E-state index in [1.807, 2.05) is 5.32 Å². The van der Waals surface area contributed by atoms with E-state index in [-0.39, 0.29) is 0 Å². The van der Waals surface area contributed by atoms with E-state index in [1.165, 1.54) is 11.8 Å². The van der Waals surface area contributed by atoms with Gasteiger partial charge in [-0.05, 0) is 52.7 Å². The predicted molar refractivity (Wildman–Crippen MR) is 96.5 cm³/mol. The highest BCUT2D eigenvalue weighted by atomic mass is 19.2. The Labute approximate surface area is 166 Å². The lowest BCUT2D eigenvalue weighted by Crippen LogP contribution is -2.45. The molecule has 0 aromatic heterocycles. The monoisotopic (exact) mass is 416 g/mol. The number of hydrogen-bond acceptors (Lipinski definition) is 5. The molecule has 2 rings (SSSR count). The van der Waals surface area contributed by atoms with E-state index >= 15 is 0 Å². The summed E-state index contributed by atoms with van der Waals surface area (Å²) in [5.41, 5.74) is -1.33. The number of benzene rings is 1. The molecule has 29 heavy (non-hydrogen) atoms. The third-order valence-electron chi connectivity index (χ3n) is 4.11. The maximum absolute atomic E-state index is 13.7. The van der Waals surface area contributed by atoms with Gasteiger partial charge in [-0.1, -0.05) is 0 Å². The van der Waals surface area contributed by atoms with Crippen molar-refractivity contribution in [1.29, 1.82) is 0 Å². The molecule has 2 atom stereocenters. The maximum Gasteiger partial charge on any atom is 0.411 e. The first-order valence-corrected chi connectivity index (χ1v) is 9.05. The maximum atomic E-state index is 13.7. The molecule has 0 spiro atoms. The Balaban J connectivity index is 1.99. The van der Waals surface area contributed by atoms with Crippen LogP contribution < -0.4 is 5.32 Å². The summed E-state index contributed by atoms with van der Waals surface area (Å²) in [6, 6.07) is 0.587. The SMILES string of the molecule is C[C@H](OC(=O)[C@@H]1CCCN1C(=O)OC(C)(C)C)C(=O)Nc1ccc(F)c(F)c1F. The molecule has 7 nitrogen and oxygen atoms in total. The first-order valence-electron chi connectivity index (χ1n) is 9.05. The fraction of sp³-hybridized carbons (Fsp3) is 0.526. The summed E-state index contributed by atoms with van der Waals surface area (Å²) in [5.74, 6) is -6.45. The average molecular weight is 416 g/mol. The zero-order chi connectivity index (χ0) is 21.9. The van der Waals surface area contributed by atoms with Crippen molar-refractivity contribution in [2.45, 2.75) is 58.3 Å². The molecule has 1 heterocycles. The van der Waals surface area contributed by atoms with Crippen LogP contribution in [0.5, 0.6) is 0 Å². The number of carbonyl (C=O) groups is 3. The minimum Gasteiger partial charge on any atom is -0.451 e. The highest BCUT2D eigenvalue weighted by Crippen LogP contribution is 2.23. The molecule has 1 aliphatic heterocycles. The van der Waals surface area contributed by atoms with Crippen LogP contribution in [0.2, 0.25) is 0 Å². The van der Waals surface area contributed by atoms with Crippen LogP contribution in [0.15, 0.2) is 12.1 Å². The molecule has 0 bridgehead atoms. The summed E-state index contributed by atoms with van der Waals surface area (Å²) >= 11 is 0. The minimum atomic E-state index is -1.73. The van der Waals surface area contributed by atoms with Crippen LogP contribution in [0.3, 0.4) is 0 Å². The van der Waals surface area contributed by atoms with Crippen LogP contribution in [0.25, 0.3) is 0 Å². The summed E-state index contributed by atoms with van der Waals surface area (Å²) < 4.78 is 50.2. The summed E-state index contributed by atoms with van der Waals surface area (Å²) in [7, 11) is 0. The second-order valence-corrected chi connectivity index (χ2v) is 7.62. The van der Waals surface area contributed by atoms with Gasteiger partial charge >= 0.3 is 12.1 Å². The number of hydrogen-bond donors (Lipinski definition) is 1. The number of anilines is 1. The zero-order valence-corrected chi connectivity index (χ0v) is 16.6. The Bertz CT molecular complexity index is 810. The second-order valence-electron chi connectivity index (χ2n) is 7.62. The van der Waals surface area contributed by atoms with Crippen molar-refractivity contribution in [1.82, 2.24) is 4.90 Å². The largest absolute Gasteiger partial charge is 0.451 e. The van der Waals surface area contributed by atoms with Gasteiger partial charge in [-0.2, -0.15) is 0 Å². The Morgan fingerprint density at radius 2 is 1.83 bits per heavy atom. The number of ether oxygens (including phenoxy) is 2. The third-order valence-corrected chi connectivity index (χ3v) is 4.11. The van der Waals surface area contributed by atoms with Crippen LogP contribution in [-0.2, 0) is 19.1 Å². The predicted octanol–water partition coefficient (Wildman–Crippen LogP) is 3.37. The molecule has 1 saturated heterocycles. The summed E-state index contributed by atoms with van der Waals surface area (Å²) in [5, 5.41) is 2.04. The number of carbonyl (C=O) groups excluding carboxylic acids is 3. The van der Waals surface area contributed by atoms with Crippen LogP contribution >= 0.6 is 0 Å². The van der Waals surface area contributed by atoms with E-state index in [1.54, 1.807) is 20.8 Å². The number of nitrogens with zero attached hydrogens (tertiary/aromatic N) is 1. The molecule has 1 aliphatic rings. The molecular weight excluding hydrogens is 393 g/mol. The van der Waals surface area contributed by atoms with E-state index < -0.39 is 58.9 Å². The molecule has 1 aromatic carbocycles. The van der Waals surface area contributed by atoms with Gasteiger partial charge in [0.25, 0.3) is 5.91 Å². The molecule has 0 unspecified atom stereocenters. The van der Waals surface area contributed by atoms with Crippen molar-refractivity contribution < 1.29 is 37.0 Å². The van der Waals surface area contributed by atoms with Crippen molar-refractivity contribution in [2.24, 2.45) is 0 Å². The number of amides is 2. The third kappa shape index (κ3) is 5.61. The van der Waals surface area contributed by atoms with Gasteiger partial charge in [0.15, 0.2) is 23.6 Å². The number of esters is 1. The van der Waals surface area contributed by atoms with E-state index in [0.717, 1.165) is 6.07 Å². The van der Waals surface area contributed by atoms with Gasteiger partial charge in [0.1, 0.15) is 11.6 Å². The number of rotatable bonds is 4. The fourth-order valence-electron chi connectivity index (χ4n) is 2.71. The highest BCUT2D eigenvalue weighted by molar-refractivity contribution is 5.95. The van der Waals surface area contributed by atoms with Gasteiger partial charge in [0.05, 0.1) is 5.69 Å². The van der Waals surface area contributed by atoms with E-state index in [0.29, 0.717) is 25.5 Å². The van der Waals surface area contributed by atoms with Gasteiger partial charge in [-0.3, -0.25) is 9.69 Å². The molecule has 1 aromatic rings. The number of nitrogens with one attached hydrogen (secondary N) is 1. The van der Waals surface area contributed by atoms with Gasteiger partial charge in [0.2, 0.25) is 0 Å². The molecular formula is C19H23F3N2O5. The summed E-state index contributed by atoms with van der Waals surface area (Å²) in [4.78, 5) is 38.0. The normalized spacial score (nSPS) is 17.6. The van der Waals surface area contributed by atoms with Crippen molar-refractivity contribution >= 4 is 23.7 Å². The van der Waals surface area contributed by atoms with Crippen LogP contribution in [-0.4, -0.2) is 47.2 Å². The molecule has 0 saturated carbocycles. The van der Waals surface area contributed by atoms with Crippen LogP contribution in [0.1, 0.15) is 40.5 Å². The van der Waals surface area contributed by atoms with Gasteiger partial charge in [-0.25, -0.2) is 22.8 Å². The molecule has 10 heteroatoms. The lowest BCUT2D eigenvalue weighted by atomic mass is 10.2. The standard InChI is InChI=1S/C19H23F3N2O5/c1-10(16(25)23-12-8-7-11(20)14(21)15(12)22)28-17(26)13-6-5-9-24(13)18(27)29-19(2,3)4/h7-8,10,13H,5-6,9H2,1-4H3,(H,23,25)/t10-,13-/m0/s1. The van der Waals surface area contributed by atoms with Crippen molar-refractivity contribution in [3.63, 3.8) is 0 Å².